The minimum Gasteiger partial charge on any atom is -0.497 e. The highest BCUT2D eigenvalue weighted by Gasteiger charge is 2.24. The zero-order valence-corrected chi connectivity index (χ0v) is 16.6. The molecule has 1 aliphatic heterocycles. The number of rotatable bonds is 8. The second-order valence-corrected chi connectivity index (χ2v) is 7.43. The first kappa shape index (κ1) is 19.7. The van der Waals surface area contributed by atoms with Gasteiger partial charge in [0.25, 0.3) is 0 Å². The van der Waals surface area contributed by atoms with Gasteiger partial charge in [0.15, 0.2) is 11.0 Å². The van der Waals surface area contributed by atoms with Crippen LogP contribution in [0.3, 0.4) is 0 Å². The van der Waals surface area contributed by atoms with Crippen molar-refractivity contribution < 1.29 is 14.3 Å². The molecule has 1 unspecified atom stereocenters. The van der Waals surface area contributed by atoms with Gasteiger partial charge in [-0.1, -0.05) is 29.9 Å². The Morgan fingerprint density at radius 1 is 1.44 bits per heavy atom. The van der Waals surface area contributed by atoms with Gasteiger partial charge < -0.3 is 14.8 Å². The molecule has 144 valence electrons. The highest BCUT2D eigenvalue weighted by molar-refractivity contribution is 7.99. The van der Waals surface area contributed by atoms with E-state index in [0.29, 0.717) is 28.4 Å². The van der Waals surface area contributed by atoms with Crippen LogP contribution in [-0.2, 0) is 16.1 Å². The summed E-state index contributed by atoms with van der Waals surface area (Å²) in [6, 6.07) is 7.54. The second kappa shape index (κ2) is 9.25. The molecule has 1 fully saturated rings. The number of amides is 1. The molecule has 0 bridgehead atoms. The zero-order valence-electron chi connectivity index (χ0n) is 15.0. The third kappa shape index (κ3) is 5.03. The number of carbonyl (C=O) groups is 1. The van der Waals surface area contributed by atoms with Crippen LogP contribution in [-0.4, -0.2) is 46.2 Å². The molecule has 0 radical (unpaired) electrons. The lowest BCUT2D eigenvalue weighted by Crippen LogP contribution is -2.34. The van der Waals surface area contributed by atoms with Gasteiger partial charge >= 0.3 is 0 Å². The topological polar surface area (TPSA) is 78.3 Å². The molecule has 2 aromatic rings. The molecule has 3 rings (SSSR count). The highest BCUT2D eigenvalue weighted by atomic mass is 35.5. The van der Waals surface area contributed by atoms with E-state index in [0.717, 1.165) is 24.3 Å². The van der Waals surface area contributed by atoms with Crippen LogP contribution in [0.25, 0.3) is 5.69 Å². The van der Waals surface area contributed by atoms with Crippen molar-refractivity contribution >= 4 is 29.3 Å². The van der Waals surface area contributed by atoms with Gasteiger partial charge in [-0.15, -0.1) is 10.2 Å². The molecule has 1 atom stereocenters. The van der Waals surface area contributed by atoms with E-state index < -0.39 is 0 Å². The molecule has 27 heavy (non-hydrogen) atoms. The first-order chi connectivity index (χ1) is 13.1. The Labute approximate surface area is 167 Å². The molecular weight excluding hydrogens is 388 g/mol. The van der Waals surface area contributed by atoms with Crippen LogP contribution in [0.15, 0.2) is 41.0 Å². The van der Waals surface area contributed by atoms with E-state index in [1.807, 2.05) is 28.8 Å². The molecule has 9 heteroatoms. The highest BCUT2D eigenvalue weighted by Crippen LogP contribution is 2.25. The average molecular weight is 409 g/mol. The van der Waals surface area contributed by atoms with Gasteiger partial charge in [-0.2, -0.15) is 0 Å². The first-order valence-corrected chi connectivity index (χ1v) is 9.89. The summed E-state index contributed by atoms with van der Waals surface area (Å²) in [5.74, 6) is 1.76. The lowest BCUT2D eigenvalue weighted by atomic mass is 10.2. The smallest absolute Gasteiger partial charge is 0.249 e. The van der Waals surface area contributed by atoms with Gasteiger partial charge in [0.1, 0.15) is 11.9 Å². The van der Waals surface area contributed by atoms with E-state index in [1.165, 1.54) is 11.8 Å². The number of aromatic nitrogens is 3. The number of nitrogens with one attached hydrogen (secondary N) is 1. The summed E-state index contributed by atoms with van der Waals surface area (Å²) < 4.78 is 12.5. The van der Waals surface area contributed by atoms with E-state index in [4.69, 9.17) is 21.1 Å². The summed E-state index contributed by atoms with van der Waals surface area (Å²) in [5.41, 5.74) is 0.866. The van der Waals surface area contributed by atoms with Gasteiger partial charge in [-0.25, -0.2) is 0 Å². The summed E-state index contributed by atoms with van der Waals surface area (Å²) in [4.78, 5) is 12.2. The summed E-state index contributed by atoms with van der Waals surface area (Å²) in [5, 5.41) is 12.6. The van der Waals surface area contributed by atoms with E-state index >= 15 is 0 Å². The van der Waals surface area contributed by atoms with Crippen LogP contribution >= 0.6 is 23.4 Å². The fraction of sp³-hybridized carbons (Fsp3) is 0.389. The number of methoxy groups -OCH3 is 1. The standard InChI is InChI=1S/C18H21ClN4O3S/c1-12(19)11-27-18-22-21-16(10-20-17(24)15-4-3-9-26-15)23(18)13-5-7-14(25-2)8-6-13/h5-8,15H,1,3-4,9-11H2,2H3,(H,20,24). The predicted octanol–water partition coefficient (Wildman–Crippen LogP) is 2.92. The third-order valence-electron chi connectivity index (χ3n) is 4.03. The summed E-state index contributed by atoms with van der Waals surface area (Å²) in [7, 11) is 1.62. The van der Waals surface area contributed by atoms with Crippen molar-refractivity contribution in [2.45, 2.75) is 30.6 Å². The lowest BCUT2D eigenvalue weighted by Gasteiger charge is -2.13. The van der Waals surface area contributed by atoms with Gasteiger partial charge in [-0.3, -0.25) is 9.36 Å². The fourth-order valence-corrected chi connectivity index (χ4v) is 3.59. The maximum atomic E-state index is 12.2. The number of halogens is 1. The van der Waals surface area contributed by atoms with Crippen LogP contribution in [0.1, 0.15) is 18.7 Å². The number of nitrogens with zero attached hydrogens (tertiary/aromatic N) is 3. The van der Waals surface area contributed by atoms with Gasteiger partial charge in [-0.05, 0) is 37.1 Å². The van der Waals surface area contributed by atoms with Crippen LogP contribution in [0.2, 0.25) is 0 Å². The molecule has 1 aromatic heterocycles. The average Bonchev–Trinajstić information content (AvgIpc) is 3.34. The maximum Gasteiger partial charge on any atom is 0.249 e. The number of hydrogen-bond donors (Lipinski definition) is 1. The van der Waals surface area contributed by atoms with Crippen molar-refractivity contribution in [2.24, 2.45) is 0 Å². The van der Waals surface area contributed by atoms with Crippen LogP contribution in [0, 0.1) is 0 Å². The fourth-order valence-electron chi connectivity index (χ4n) is 2.71. The Morgan fingerprint density at radius 3 is 2.85 bits per heavy atom. The molecule has 1 saturated heterocycles. The minimum atomic E-state index is -0.379. The van der Waals surface area contributed by atoms with Gasteiger partial charge in [0.2, 0.25) is 5.91 Å². The van der Waals surface area contributed by atoms with Crippen molar-refractivity contribution in [2.75, 3.05) is 19.5 Å². The molecule has 1 N–H and O–H groups in total. The molecule has 2 heterocycles. The number of hydrogen-bond acceptors (Lipinski definition) is 6. The maximum absolute atomic E-state index is 12.2. The summed E-state index contributed by atoms with van der Waals surface area (Å²) in [6.45, 7) is 4.58. The van der Waals surface area contributed by atoms with Crippen molar-refractivity contribution in [3.63, 3.8) is 0 Å². The normalized spacial score (nSPS) is 16.3. The minimum absolute atomic E-state index is 0.125. The summed E-state index contributed by atoms with van der Waals surface area (Å²) >= 11 is 7.32. The molecule has 0 aliphatic carbocycles. The molecule has 1 aromatic carbocycles. The molecule has 1 amide bonds. The second-order valence-electron chi connectivity index (χ2n) is 5.96. The van der Waals surface area contributed by atoms with E-state index in [-0.39, 0.29) is 18.6 Å². The van der Waals surface area contributed by atoms with Crippen LogP contribution in [0.5, 0.6) is 5.75 Å². The van der Waals surface area contributed by atoms with E-state index in [2.05, 4.69) is 22.1 Å². The predicted molar refractivity (Wildman–Crippen MR) is 104 cm³/mol. The van der Waals surface area contributed by atoms with Crippen LogP contribution < -0.4 is 10.1 Å². The zero-order chi connectivity index (χ0) is 19.2. The Balaban J connectivity index is 1.81. The molecule has 1 aliphatic rings. The van der Waals surface area contributed by atoms with E-state index in [1.54, 1.807) is 7.11 Å². The lowest BCUT2D eigenvalue weighted by molar-refractivity contribution is -0.130. The molecule has 0 saturated carbocycles. The molecule has 0 spiro atoms. The quantitative estimate of drug-likeness (QED) is 0.676. The van der Waals surface area contributed by atoms with Crippen molar-refractivity contribution in [1.29, 1.82) is 0 Å². The number of carbonyl (C=O) groups excluding carboxylic acids is 1. The monoisotopic (exact) mass is 408 g/mol. The van der Waals surface area contributed by atoms with Crippen molar-refractivity contribution in [1.82, 2.24) is 20.1 Å². The Kier molecular flexibility index (Phi) is 6.76. The number of ether oxygens (including phenoxy) is 2. The summed E-state index contributed by atoms with van der Waals surface area (Å²) in [6.07, 6.45) is 1.27. The largest absolute Gasteiger partial charge is 0.497 e. The van der Waals surface area contributed by atoms with Crippen LogP contribution in [0.4, 0.5) is 0 Å². The number of benzene rings is 1. The number of thioether (sulfide) groups is 1. The SMILES string of the molecule is C=C(Cl)CSc1nnc(CNC(=O)C2CCCO2)n1-c1ccc(OC)cc1. The van der Waals surface area contributed by atoms with E-state index in [9.17, 15) is 4.79 Å². The molecule has 7 nitrogen and oxygen atoms in total. The van der Waals surface area contributed by atoms with Crippen molar-refractivity contribution in [3.8, 4) is 11.4 Å². The van der Waals surface area contributed by atoms with Gasteiger partial charge in [0.05, 0.1) is 13.7 Å². The van der Waals surface area contributed by atoms with Crippen molar-refractivity contribution in [3.05, 3.63) is 41.7 Å². The Hall–Kier alpha value is -2.03. The Morgan fingerprint density at radius 2 is 2.22 bits per heavy atom. The molecular formula is C18H21ClN4O3S. The first-order valence-electron chi connectivity index (χ1n) is 8.52. The van der Waals surface area contributed by atoms with Gasteiger partial charge in [0, 0.05) is 23.1 Å². The Bertz CT molecular complexity index is 803. The third-order valence-corrected chi connectivity index (χ3v) is 5.34.